The molecular weight excluding hydrogens is 1120 g/mol. The van der Waals surface area contributed by atoms with Crippen molar-refractivity contribution in [3.8, 4) is 0 Å². The molecule has 9 fully saturated rings. The molecule has 0 bridgehead atoms. The third-order valence-corrected chi connectivity index (χ3v) is 23.2. The monoisotopic (exact) mass is 1220 g/mol. The Hall–Kier alpha value is -1.75. The minimum absolute atomic E-state index is 0.0781. The Morgan fingerprint density at radius 3 is 1.79 bits per heavy atom. The van der Waals surface area contributed by atoms with E-state index in [1.807, 2.05) is 6.92 Å². The maximum absolute atomic E-state index is 15.6. The number of hydrogen-bond donors (Lipinski definition) is 15. The highest BCUT2D eigenvalue weighted by atomic mass is 16.8. The summed E-state index contributed by atoms with van der Waals surface area (Å²) in [5.41, 5.74) is -2.25. The summed E-state index contributed by atoms with van der Waals surface area (Å²) in [6, 6.07) is 0. The molecule has 5 saturated heterocycles. The molecule has 0 aromatic heterocycles. The molecule has 15 N–H and O–H groups in total. The van der Waals surface area contributed by atoms with Crippen molar-refractivity contribution < 1.29 is 129 Å². The van der Waals surface area contributed by atoms with Gasteiger partial charge in [-0.3, -0.25) is 4.79 Å². The minimum Gasteiger partial charge on any atom is -0.432 e. The fraction of sp³-hybridized carbons (Fsp3) is 0.949. The van der Waals surface area contributed by atoms with Crippen LogP contribution in [0, 0.1) is 50.2 Å². The molecule has 0 aromatic carbocycles. The number of carbonyl (C=O) groups excluding carboxylic acids is 1. The Balaban J connectivity index is 0.909. The van der Waals surface area contributed by atoms with Gasteiger partial charge in [-0.25, -0.2) is 0 Å². The topological polar surface area (TPSA) is 413 Å². The molecule has 488 valence electrons. The van der Waals surface area contributed by atoms with Gasteiger partial charge in [-0.2, -0.15) is 0 Å². The second-order valence-electron chi connectivity index (χ2n) is 28.5. The van der Waals surface area contributed by atoms with Crippen molar-refractivity contribution in [1.82, 2.24) is 0 Å². The van der Waals surface area contributed by atoms with Crippen LogP contribution in [-0.4, -0.2) is 263 Å². The van der Waals surface area contributed by atoms with Crippen LogP contribution in [0.4, 0.5) is 0 Å². The lowest BCUT2D eigenvalue weighted by Crippen LogP contribution is -2.67. The Kier molecular flexibility index (Phi) is 19.0. The van der Waals surface area contributed by atoms with Crippen LogP contribution in [0.2, 0.25) is 0 Å². The number of ether oxygens (including phenoxy) is 10. The van der Waals surface area contributed by atoms with Gasteiger partial charge in [-0.15, -0.1) is 0 Å². The second kappa shape index (κ2) is 24.4. The molecule has 5 aliphatic heterocycles. The Morgan fingerprint density at radius 2 is 1.13 bits per heavy atom. The van der Waals surface area contributed by atoms with Gasteiger partial charge in [0.2, 0.25) is 6.29 Å². The zero-order chi connectivity index (χ0) is 62.0. The smallest absolute Gasteiger partial charge is 0.315 e. The van der Waals surface area contributed by atoms with E-state index >= 15 is 4.79 Å². The van der Waals surface area contributed by atoms with Gasteiger partial charge >= 0.3 is 5.97 Å². The van der Waals surface area contributed by atoms with E-state index in [2.05, 4.69) is 40.7 Å². The number of fused-ring (bicyclic) bond motifs is 7. The molecule has 0 aromatic rings. The van der Waals surface area contributed by atoms with Crippen molar-refractivity contribution in [1.29, 1.82) is 0 Å². The van der Waals surface area contributed by atoms with Gasteiger partial charge in [-0.1, -0.05) is 53.2 Å². The highest BCUT2D eigenvalue weighted by Gasteiger charge is 2.71. The van der Waals surface area contributed by atoms with Crippen molar-refractivity contribution >= 4 is 5.97 Å². The number of aliphatic hydroxyl groups is 15. The molecule has 26 heteroatoms. The van der Waals surface area contributed by atoms with Crippen LogP contribution in [0.25, 0.3) is 0 Å². The van der Waals surface area contributed by atoms with E-state index in [1.54, 1.807) is 6.92 Å². The van der Waals surface area contributed by atoms with Crippen molar-refractivity contribution in [2.45, 2.75) is 273 Å². The number of allylic oxidation sites excluding steroid dienone is 2. The standard InChI is InChI=1S/C59H96O26/c1-24-34(63)39(68)44(73)49(78-24)83-47-42(71)38(67)30(22-77-48-43(72)36(65)28(62)21-76-48)81-52(47)85-53(75)59-17-15-54(3,4)19-27(59)26-9-10-32-55(5)13-12-33(56(6,23-61)31(55)11-14-58(32,8)57(26,7)16-18-59)82-51-46(41(70)35(64)25(2)79-51)84-50-45(74)40(69)37(66)29(20-60)80-50/h9,24-25,27-52,60-74H,10-23H2,1-8H3/t24-,25-,27-,28+,29+,30+,31+,32+,33-,34-,35-,36-,37+,38+,39+,40-,41+,42-,43+,44+,45+,46+,47+,48-,49-,50-,51-,52-,55-,56-,57+,58+,59-/m0/s1. The molecule has 5 heterocycles. The average molecular weight is 1220 g/mol. The summed E-state index contributed by atoms with van der Waals surface area (Å²) >= 11 is 0. The molecule has 85 heavy (non-hydrogen) atoms. The first-order valence-corrected chi connectivity index (χ1v) is 30.6. The van der Waals surface area contributed by atoms with Crippen LogP contribution < -0.4 is 0 Å². The van der Waals surface area contributed by atoms with Crippen LogP contribution in [0.15, 0.2) is 11.6 Å². The number of aliphatic hydroxyl groups excluding tert-OH is 15. The number of rotatable bonds is 13. The predicted octanol–water partition coefficient (Wildman–Crippen LogP) is -2.54. The molecule has 10 rings (SSSR count). The second-order valence-corrected chi connectivity index (χ2v) is 28.5. The summed E-state index contributed by atoms with van der Waals surface area (Å²) in [5.74, 6) is -1.02. The maximum atomic E-state index is 15.6. The van der Waals surface area contributed by atoms with Gasteiger partial charge in [0.15, 0.2) is 31.3 Å². The van der Waals surface area contributed by atoms with Gasteiger partial charge in [0.25, 0.3) is 0 Å². The molecule has 5 aliphatic carbocycles. The Bertz CT molecular complexity index is 2370. The van der Waals surface area contributed by atoms with Gasteiger partial charge in [0.1, 0.15) is 97.7 Å². The highest BCUT2D eigenvalue weighted by Crippen LogP contribution is 2.76. The first-order valence-electron chi connectivity index (χ1n) is 30.6. The zero-order valence-corrected chi connectivity index (χ0v) is 49.8. The molecule has 4 saturated carbocycles. The molecule has 0 unspecified atom stereocenters. The molecule has 33 atom stereocenters. The predicted molar refractivity (Wildman–Crippen MR) is 288 cm³/mol. The number of esters is 1. The fourth-order valence-electron chi connectivity index (χ4n) is 17.5. The van der Waals surface area contributed by atoms with Crippen molar-refractivity contribution in [3.05, 3.63) is 11.6 Å². The van der Waals surface area contributed by atoms with Crippen LogP contribution >= 0.6 is 0 Å². The van der Waals surface area contributed by atoms with Gasteiger partial charge in [0.05, 0.1) is 50.2 Å². The third kappa shape index (κ3) is 11.1. The quantitative estimate of drug-likeness (QED) is 0.0513. The Morgan fingerprint density at radius 1 is 0.565 bits per heavy atom. The summed E-state index contributed by atoms with van der Waals surface area (Å²) in [7, 11) is 0. The van der Waals surface area contributed by atoms with Gasteiger partial charge in [0, 0.05) is 5.41 Å². The Labute approximate surface area is 494 Å². The van der Waals surface area contributed by atoms with Gasteiger partial charge in [-0.05, 0) is 117 Å². The van der Waals surface area contributed by atoms with E-state index in [4.69, 9.17) is 47.4 Å². The lowest BCUT2D eigenvalue weighted by molar-refractivity contribution is -0.376. The van der Waals surface area contributed by atoms with Crippen LogP contribution in [-0.2, 0) is 52.2 Å². The van der Waals surface area contributed by atoms with Crippen LogP contribution in [0.5, 0.6) is 0 Å². The zero-order valence-electron chi connectivity index (χ0n) is 49.8. The minimum atomic E-state index is -1.92. The highest BCUT2D eigenvalue weighted by molar-refractivity contribution is 5.79. The average Bonchev–Trinajstić information content (AvgIpc) is 0.747. The lowest BCUT2D eigenvalue weighted by Gasteiger charge is -2.71. The summed E-state index contributed by atoms with van der Waals surface area (Å²) in [6.07, 6.45) is -30.5. The summed E-state index contributed by atoms with van der Waals surface area (Å²) in [4.78, 5) is 15.6. The first kappa shape index (κ1) is 66.2. The maximum Gasteiger partial charge on any atom is 0.315 e. The third-order valence-electron chi connectivity index (χ3n) is 23.2. The summed E-state index contributed by atoms with van der Waals surface area (Å²) < 4.78 is 60.4. The molecule has 26 nitrogen and oxygen atoms in total. The van der Waals surface area contributed by atoms with E-state index in [0.29, 0.717) is 57.8 Å². The van der Waals surface area contributed by atoms with Crippen molar-refractivity contribution in [3.63, 3.8) is 0 Å². The normalized spacial score (nSPS) is 55.3. The van der Waals surface area contributed by atoms with E-state index in [1.165, 1.54) is 6.92 Å². The summed E-state index contributed by atoms with van der Waals surface area (Å²) in [6.45, 7) is 14.4. The van der Waals surface area contributed by atoms with Crippen LogP contribution in [0.3, 0.4) is 0 Å². The number of carbonyl (C=O) groups is 1. The van der Waals surface area contributed by atoms with E-state index < -0.39 is 189 Å². The molecule has 10 aliphatic rings. The molecule has 0 spiro atoms. The molecule has 0 radical (unpaired) electrons. The van der Waals surface area contributed by atoms with Gasteiger partial charge < -0.3 is 124 Å². The largest absolute Gasteiger partial charge is 0.432 e. The van der Waals surface area contributed by atoms with E-state index in [9.17, 15) is 76.6 Å². The van der Waals surface area contributed by atoms with Crippen molar-refractivity contribution in [2.24, 2.45) is 50.2 Å². The fourth-order valence-corrected chi connectivity index (χ4v) is 17.5. The summed E-state index contributed by atoms with van der Waals surface area (Å²) in [5, 5.41) is 162. The lowest BCUT2D eigenvalue weighted by atomic mass is 9.33. The first-order chi connectivity index (χ1) is 39.8. The SMILES string of the molecule is C[C@@H]1O[C@@H](O[C@H]2[C@H](OC(=O)[C@]34CCC(C)(C)C[C@H]3C3=CC[C@@H]5[C@@]6(C)CC[C@H](O[C@@H]7O[C@@H](C)[C@H](O)[C@@H](O)[C@H]7O[C@@H]7O[C@H](CO)[C@@H](O)[C@H](O)[C@H]7O)[C@@](C)(CO)[C@@H]6CC[C@@]5(C)[C@]3(C)CC4)O[C@H](CO[C@@H]3OC[C@@H](O)[C@H](O)[C@H]3O)[C@@H](O)[C@@H]2O)[C@H](O)[C@H](O)[C@H]1O. The van der Waals surface area contributed by atoms with Crippen molar-refractivity contribution in [2.75, 3.05) is 26.4 Å². The molecular formula is C59H96O26. The van der Waals surface area contributed by atoms with E-state index in [-0.39, 0.29) is 47.2 Å². The number of hydrogen-bond acceptors (Lipinski definition) is 26. The molecule has 0 amide bonds. The van der Waals surface area contributed by atoms with E-state index in [0.717, 1.165) is 12.0 Å². The van der Waals surface area contributed by atoms with Crippen LogP contribution in [0.1, 0.15) is 120 Å².